The first-order chi connectivity index (χ1) is 15.8. The first-order valence-electron chi connectivity index (χ1n) is 11.0. The quantitative estimate of drug-likeness (QED) is 0.400. The molecule has 0 spiro atoms. The van der Waals surface area contributed by atoms with Gasteiger partial charge < -0.3 is 10.2 Å². The first-order valence-corrected chi connectivity index (χ1v) is 11.8. The average molecular weight is 475 g/mol. The minimum Gasteiger partial charge on any atom is -0.312 e. The second kappa shape index (κ2) is 8.48. The van der Waals surface area contributed by atoms with Crippen molar-refractivity contribution in [2.24, 2.45) is 0 Å². The van der Waals surface area contributed by atoms with Crippen LogP contribution >= 0.6 is 11.3 Å². The van der Waals surface area contributed by atoms with Gasteiger partial charge in [0, 0.05) is 16.3 Å². The first kappa shape index (κ1) is 21.9. The summed E-state index contributed by atoms with van der Waals surface area (Å²) in [5.74, 6) is -0.379. The van der Waals surface area contributed by atoms with E-state index in [0.717, 1.165) is 42.2 Å². The number of anilines is 1. The van der Waals surface area contributed by atoms with Crippen LogP contribution in [0.5, 0.6) is 0 Å². The summed E-state index contributed by atoms with van der Waals surface area (Å²) in [5.41, 5.74) is 2.21. The number of fused-ring (bicyclic) bond motifs is 3. The molecular formula is C25H22F4N2OS. The molecular weight excluding hydrogens is 452 g/mol. The molecule has 2 amide bonds. The lowest BCUT2D eigenvalue weighted by molar-refractivity contribution is -0.136. The van der Waals surface area contributed by atoms with E-state index in [0.29, 0.717) is 13.0 Å². The van der Waals surface area contributed by atoms with Crippen molar-refractivity contribution in [3.05, 3.63) is 86.4 Å². The van der Waals surface area contributed by atoms with Gasteiger partial charge in [0.2, 0.25) is 0 Å². The fourth-order valence-electron chi connectivity index (χ4n) is 4.87. The van der Waals surface area contributed by atoms with Crippen LogP contribution in [0.25, 0.3) is 0 Å². The van der Waals surface area contributed by atoms with Gasteiger partial charge in [0.15, 0.2) is 0 Å². The molecule has 1 aliphatic carbocycles. The number of urea groups is 1. The second-order valence-electron chi connectivity index (χ2n) is 8.42. The predicted molar refractivity (Wildman–Crippen MR) is 120 cm³/mol. The maximum absolute atomic E-state index is 13.6. The molecule has 0 saturated heterocycles. The lowest BCUT2D eigenvalue weighted by Gasteiger charge is -2.36. The number of hydrogen-bond acceptors (Lipinski definition) is 2. The molecule has 5 rings (SSSR count). The summed E-state index contributed by atoms with van der Waals surface area (Å²) in [6, 6.07) is 9.91. The van der Waals surface area contributed by atoms with E-state index in [4.69, 9.17) is 0 Å². The Kier molecular flexibility index (Phi) is 5.64. The number of alkyl halides is 3. The van der Waals surface area contributed by atoms with Crippen molar-refractivity contribution in [1.29, 1.82) is 0 Å². The van der Waals surface area contributed by atoms with Gasteiger partial charge in [-0.3, -0.25) is 0 Å². The average Bonchev–Trinajstić information content (AvgIpc) is 3.17. The summed E-state index contributed by atoms with van der Waals surface area (Å²) in [6.45, 7) is 0.373. The Morgan fingerprint density at radius 3 is 2.45 bits per heavy atom. The fraction of sp³-hybridized carbons (Fsp3) is 0.320. The molecule has 1 atom stereocenters. The van der Waals surface area contributed by atoms with E-state index in [1.54, 1.807) is 28.4 Å². The molecule has 2 aromatic carbocycles. The molecule has 2 aliphatic rings. The van der Waals surface area contributed by atoms with Crippen LogP contribution in [-0.2, 0) is 25.4 Å². The largest absolute Gasteiger partial charge is 0.418 e. The summed E-state index contributed by atoms with van der Waals surface area (Å²) < 4.78 is 54.0. The zero-order chi connectivity index (χ0) is 23.2. The number of hydrogen-bond donors (Lipinski definition) is 1. The predicted octanol–water partition coefficient (Wildman–Crippen LogP) is 6.96. The number of nitrogens with zero attached hydrogens (tertiary/aromatic N) is 1. The van der Waals surface area contributed by atoms with Gasteiger partial charge in [-0.15, -0.1) is 11.3 Å². The maximum Gasteiger partial charge on any atom is 0.418 e. The molecule has 1 aliphatic heterocycles. The molecule has 0 saturated carbocycles. The van der Waals surface area contributed by atoms with E-state index in [9.17, 15) is 22.4 Å². The van der Waals surface area contributed by atoms with Gasteiger partial charge >= 0.3 is 12.2 Å². The minimum atomic E-state index is -4.58. The van der Waals surface area contributed by atoms with Crippen molar-refractivity contribution in [1.82, 2.24) is 4.90 Å². The normalized spacial score (nSPS) is 17.9. The van der Waals surface area contributed by atoms with E-state index in [1.165, 1.54) is 46.3 Å². The summed E-state index contributed by atoms with van der Waals surface area (Å²) in [7, 11) is 0. The number of carbonyl (C=O) groups is 1. The van der Waals surface area contributed by atoms with Crippen molar-refractivity contribution < 1.29 is 22.4 Å². The van der Waals surface area contributed by atoms with Crippen LogP contribution in [0.2, 0.25) is 0 Å². The number of aryl methyl sites for hydroxylation is 1. The Morgan fingerprint density at radius 1 is 0.970 bits per heavy atom. The Labute approximate surface area is 193 Å². The monoisotopic (exact) mass is 474 g/mol. The zero-order valence-corrected chi connectivity index (χ0v) is 18.5. The zero-order valence-electron chi connectivity index (χ0n) is 17.7. The topological polar surface area (TPSA) is 32.3 Å². The molecule has 0 fully saturated rings. The van der Waals surface area contributed by atoms with Gasteiger partial charge in [0.25, 0.3) is 0 Å². The Hall–Kier alpha value is -2.87. The van der Waals surface area contributed by atoms with E-state index in [-0.39, 0.29) is 11.5 Å². The fourth-order valence-corrected chi connectivity index (χ4v) is 6.46. The number of nitrogens with one attached hydrogen (secondary N) is 1. The Morgan fingerprint density at radius 2 is 1.70 bits per heavy atom. The van der Waals surface area contributed by atoms with Crippen LogP contribution < -0.4 is 5.32 Å². The molecule has 2 heterocycles. The third-order valence-corrected chi connectivity index (χ3v) is 7.78. The Bertz CT molecular complexity index is 1190. The van der Waals surface area contributed by atoms with Gasteiger partial charge in [-0.2, -0.15) is 13.2 Å². The molecule has 8 heteroatoms. The number of halogens is 4. The summed E-state index contributed by atoms with van der Waals surface area (Å²) in [4.78, 5) is 17.3. The van der Waals surface area contributed by atoms with Crippen molar-refractivity contribution in [2.75, 3.05) is 11.9 Å². The minimum absolute atomic E-state index is 0.274. The van der Waals surface area contributed by atoms with E-state index in [2.05, 4.69) is 5.32 Å². The lowest BCUT2D eigenvalue weighted by atomic mass is 9.88. The van der Waals surface area contributed by atoms with Gasteiger partial charge in [0.1, 0.15) is 5.82 Å². The molecule has 3 nitrogen and oxygen atoms in total. The van der Waals surface area contributed by atoms with Crippen molar-refractivity contribution >= 4 is 23.1 Å². The lowest BCUT2D eigenvalue weighted by Crippen LogP contribution is -2.42. The van der Waals surface area contributed by atoms with Gasteiger partial charge in [-0.05, 0) is 73.1 Å². The van der Waals surface area contributed by atoms with Crippen LogP contribution in [-0.4, -0.2) is 17.5 Å². The number of thiophene rings is 1. The Balaban J connectivity index is 1.53. The molecule has 1 aromatic heterocycles. The third-order valence-electron chi connectivity index (χ3n) is 6.40. The molecule has 0 radical (unpaired) electrons. The summed E-state index contributed by atoms with van der Waals surface area (Å²) in [5, 5.41) is 2.49. The smallest absolute Gasteiger partial charge is 0.312 e. The highest BCUT2D eigenvalue weighted by atomic mass is 32.1. The highest BCUT2D eigenvalue weighted by Crippen LogP contribution is 2.45. The number of para-hydroxylation sites is 1. The van der Waals surface area contributed by atoms with Crippen molar-refractivity contribution in [3.63, 3.8) is 0 Å². The van der Waals surface area contributed by atoms with Crippen LogP contribution in [0.1, 0.15) is 50.9 Å². The molecule has 3 aromatic rings. The molecule has 1 N–H and O–H groups in total. The van der Waals surface area contributed by atoms with Gasteiger partial charge in [0.05, 0.1) is 17.3 Å². The van der Waals surface area contributed by atoms with Crippen LogP contribution in [0.3, 0.4) is 0 Å². The van der Waals surface area contributed by atoms with Gasteiger partial charge in [-0.25, -0.2) is 9.18 Å². The highest BCUT2D eigenvalue weighted by molar-refractivity contribution is 7.12. The number of rotatable bonds is 2. The molecule has 0 bridgehead atoms. The summed E-state index contributed by atoms with van der Waals surface area (Å²) >= 11 is 1.68. The molecule has 33 heavy (non-hydrogen) atoms. The van der Waals surface area contributed by atoms with E-state index >= 15 is 0 Å². The number of amides is 2. The second-order valence-corrected chi connectivity index (χ2v) is 9.56. The van der Waals surface area contributed by atoms with Gasteiger partial charge in [-0.1, -0.05) is 24.3 Å². The highest BCUT2D eigenvalue weighted by Gasteiger charge is 2.38. The van der Waals surface area contributed by atoms with Crippen LogP contribution in [0.4, 0.5) is 28.0 Å². The molecule has 172 valence electrons. The van der Waals surface area contributed by atoms with Crippen molar-refractivity contribution in [2.45, 2.75) is 44.3 Å². The third kappa shape index (κ3) is 4.12. The number of benzene rings is 2. The standard InChI is InChI=1S/C25H22F4N2OS/c26-16-11-9-15(10-12-16)22-23-18(17-5-1-4-8-21(17)33-23)13-14-31(22)24(32)30-20-7-3-2-6-19(20)25(27,28)29/h2-3,6-7,9-12,22H,1,4-5,8,13-14H2,(H,30,32)/t22-/m1/s1. The van der Waals surface area contributed by atoms with Crippen LogP contribution in [0.15, 0.2) is 48.5 Å². The maximum atomic E-state index is 13.6. The SMILES string of the molecule is O=C(Nc1ccccc1C(F)(F)F)N1CCc2c(sc3c2CCCC3)[C@H]1c1ccc(F)cc1. The van der Waals surface area contributed by atoms with Crippen LogP contribution in [0, 0.1) is 5.82 Å². The van der Waals surface area contributed by atoms with E-state index < -0.39 is 23.8 Å². The van der Waals surface area contributed by atoms with Crippen molar-refractivity contribution in [3.8, 4) is 0 Å². The molecule has 0 unspecified atom stereocenters. The van der Waals surface area contributed by atoms with E-state index in [1.807, 2.05) is 0 Å². The number of carbonyl (C=O) groups excluding carboxylic acids is 1. The summed E-state index contributed by atoms with van der Waals surface area (Å²) in [6.07, 6.45) is 0.369.